The maximum absolute atomic E-state index is 13.7. The van der Waals surface area contributed by atoms with Gasteiger partial charge in [-0.3, -0.25) is 0 Å². The van der Waals surface area contributed by atoms with Crippen molar-refractivity contribution in [3.8, 4) is 0 Å². The van der Waals surface area contributed by atoms with E-state index in [-0.39, 0.29) is 0 Å². The predicted molar refractivity (Wildman–Crippen MR) is 81.8 cm³/mol. The Morgan fingerprint density at radius 1 is 0.250 bits per heavy atom. The highest BCUT2D eigenvalue weighted by Crippen LogP contribution is 2.68. The van der Waals surface area contributed by atoms with Crippen molar-refractivity contribution in [2.24, 2.45) is 0 Å². The minimum Gasteiger partial charge on any atom is -0.331 e. The maximum Gasteiger partial charge on any atom is 0.445 e. The molecule has 1 N–H and O–H groups in total. The zero-order chi connectivity index (χ0) is 40.2. The molecule has 0 heterocycles. The molecule has 1 nitrogen and oxygen atoms in total. The Kier molecular flexibility index (Phi) is 10.4. The van der Waals surface area contributed by atoms with Crippen molar-refractivity contribution in [1.82, 2.24) is 0 Å². The molecular formula is C16HF31O. The Bertz CT molecular complexity index is 1220. The molecule has 48 heavy (non-hydrogen) atoms. The number of halogens is 31. The summed E-state index contributed by atoms with van der Waals surface area (Å²) in [5, 5.41) is 7.43. The van der Waals surface area contributed by atoms with Gasteiger partial charge in [0.25, 0.3) is 0 Å². The van der Waals surface area contributed by atoms with Gasteiger partial charge in [-0.2, -0.15) is 132 Å². The molecule has 0 amide bonds. The molecular weight excluding hydrogens is 797 g/mol. The summed E-state index contributed by atoms with van der Waals surface area (Å²) in [6.07, 6.45) is -15.2. The van der Waals surface area contributed by atoms with E-state index in [1.54, 1.807) is 0 Å². The Morgan fingerprint density at radius 2 is 0.417 bits per heavy atom. The molecule has 0 radical (unpaired) electrons. The number of rotatable bonds is 13. The van der Waals surface area contributed by atoms with Gasteiger partial charge in [0.15, 0.2) is 0 Å². The van der Waals surface area contributed by atoms with Crippen LogP contribution in [0.5, 0.6) is 0 Å². The smallest absolute Gasteiger partial charge is 0.331 e. The molecule has 32 heteroatoms. The summed E-state index contributed by atoms with van der Waals surface area (Å²) >= 11 is 0. The van der Waals surface area contributed by atoms with Crippen LogP contribution in [0.3, 0.4) is 0 Å². The summed E-state index contributed by atoms with van der Waals surface area (Å²) < 4.78 is 408. The van der Waals surface area contributed by atoms with E-state index >= 15 is 0 Å². The van der Waals surface area contributed by atoms with E-state index in [1.165, 1.54) is 0 Å². The number of alkyl halides is 29. The molecule has 0 atom stereocenters. The van der Waals surface area contributed by atoms with Gasteiger partial charge in [-0.15, -0.1) is 0 Å². The summed E-state index contributed by atoms with van der Waals surface area (Å²) in [5.41, 5.74) is 0. The van der Waals surface area contributed by atoms with Crippen LogP contribution in [-0.4, -0.2) is 88.5 Å². The molecule has 0 saturated carbocycles. The minimum absolute atomic E-state index is 5.33. The fourth-order valence-electron chi connectivity index (χ4n) is 2.56. The van der Waals surface area contributed by atoms with Crippen LogP contribution in [0.2, 0.25) is 0 Å². The van der Waals surface area contributed by atoms with Gasteiger partial charge in [0, 0.05) is 0 Å². The predicted octanol–water partition coefficient (Wildman–Crippen LogP) is 9.91. The zero-order valence-electron chi connectivity index (χ0n) is 20.2. The van der Waals surface area contributed by atoms with Crippen molar-refractivity contribution in [3.63, 3.8) is 0 Å². The summed E-state index contributed by atoms with van der Waals surface area (Å²) in [5.74, 6) is -126. The largest absolute Gasteiger partial charge is 0.445 e. The molecule has 0 aromatic heterocycles. The summed E-state index contributed by atoms with van der Waals surface area (Å²) in [6.45, 7) is 0. The van der Waals surface area contributed by atoms with Crippen molar-refractivity contribution in [3.05, 3.63) is 11.7 Å². The van der Waals surface area contributed by atoms with Crippen LogP contribution in [0.15, 0.2) is 11.7 Å². The lowest BCUT2D eigenvalue weighted by Gasteiger charge is -2.46. The lowest BCUT2D eigenvalue weighted by molar-refractivity contribution is -0.487. The standard InChI is InChI=1S/C16HF31O/c17-1(2(18)4(21,22)23)3(19,20)5(24,25)6(26,27)7(28,29)8(30,31)9(32,33)10(34,35)11(36,37)12(38,39)13(40,41)14(42,43)15(44,45)16(46,47)48/h48H. The van der Waals surface area contributed by atoms with Crippen LogP contribution < -0.4 is 0 Å². The highest BCUT2D eigenvalue weighted by molar-refractivity contribution is 5.24. The average Bonchev–Trinajstić information content (AvgIpc) is 2.84. The molecule has 288 valence electrons. The fourth-order valence-corrected chi connectivity index (χ4v) is 2.56. The molecule has 0 aliphatic heterocycles. The second kappa shape index (κ2) is 11.0. The molecule has 0 spiro atoms. The van der Waals surface area contributed by atoms with Crippen molar-refractivity contribution in [1.29, 1.82) is 0 Å². The first-order chi connectivity index (χ1) is 20.1. The first-order valence-electron chi connectivity index (χ1n) is 9.83. The normalized spacial score (nSPS) is 17.5. The second-order valence-electron chi connectivity index (χ2n) is 8.56. The number of allylic oxidation sites excluding steroid dienone is 2. The summed E-state index contributed by atoms with van der Waals surface area (Å²) in [6, 6.07) is 0. The highest BCUT2D eigenvalue weighted by atomic mass is 19.4. The van der Waals surface area contributed by atoms with E-state index in [1.807, 2.05) is 0 Å². The molecule has 0 aliphatic rings. The number of aliphatic hydroxyl groups is 1. The summed E-state index contributed by atoms with van der Waals surface area (Å²) in [4.78, 5) is 0. The fraction of sp³-hybridized carbons (Fsp3) is 0.875. The Morgan fingerprint density at radius 3 is 0.583 bits per heavy atom. The second-order valence-corrected chi connectivity index (χ2v) is 8.56. The zero-order valence-corrected chi connectivity index (χ0v) is 20.2. The van der Waals surface area contributed by atoms with Crippen LogP contribution in [-0.2, 0) is 0 Å². The molecule has 0 aliphatic carbocycles. The maximum atomic E-state index is 13.7. The van der Waals surface area contributed by atoms with Crippen LogP contribution in [0.4, 0.5) is 136 Å². The molecule has 0 fully saturated rings. The third-order valence-electron chi connectivity index (χ3n) is 5.43. The monoisotopic (exact) mass is 798 g/mol. The SMILES string of the molecule is OC(F)(F)C(F)(F)C(F)(F)C(F)(F)C(F)(F)C(F)(F)C(F)(F)C(F)(F)C(F)(F)C(F)(F)C(F)(F)C(F)(F)C(F)(F)C(F)=C(F)C(F)(F)F. The lowest BCUT2D eigenvalue weighted by Crippen LogP contribution is -2.79. The van der Waals surface area contributed by atoms with E-state index < -0.39 is 95.0 Å². The minimum atomic E-state index is -10.0. The summed E-state index contributed by atoms with van der Waals surface area (Å²) in [7, 11) is 0. The van der Waals surface area contributed by atoms with E-state index in [0.717, 1.165) is 0 Å². The van der Waals surface area contributed by atoms with Crippen molar-refractivity contribution >= 4 is 0 Å². The van der Waals surface area contributed by atoms with Crippen LogP contribution >= 0.6 is 0 Å². The molecule has 0 unspecified atom stereocenters. The van der Waals surface area contributed by atoms with Gasteiger partial charge in [0.1, 0.15) is 0 Å². The van der Waals surface area contributed by atoms with Crippen molar-refractivity contribution in [2.75, 3.05) is 0 Å². The number of hydrogen-bond acceptors (Lipinski definition) is 1. The van der Waals surface area contributed by atoms with Crippen LogP contribution in [0.25, 0.3) is 0 Å². The van der Waals surface area contributed by atoms with E-state index in [2.05, 4.69) is 0 Å². The van der Waals surface area contributed by atoms with Gasteiger partial charge in [-0.25, -0.2) is 4.39 Å². The topological polar surface area (TPSA) is 20.2 Å². The molecule has 0 aromatic rings. The Hall–Kier alpha value is -2.47. The number of hydrogen-bond donors (Lipinski definition) is 1. The van der Waals surface area contributed by atoms with Gasteiger partial charge in [-0.05, 0) is 0 Å². The van der Waals surface area contributed by atoms with Gasteiger partial charge in [0.05, 0.1) is 0 Å². The van der Waals surface area contributed by atoms with Gasteiger partial charge in [0.2, 0.25) is 11.7 Å². The molecule has 0 rings (SSSR count). The van der Waals surface area contributed by atoms with E-state index in [0.29, 0.717) is 0 Å². The average molecular weight is 798 g/mol. The van der Waals surface area contributed by atoms with Crippen molar-refractivity contribution in [2.45, 2.75) is 83.4 Å². The quantitative estimate of drug-likeness (QED) is 0.184. The van der Waals surface area contributed by atoms with Crippen LogP contribution in [0.1, 0.15) is 0 Å². The molecule has 0 aromatic carbocycles. The van der Waals surface area contributed by atoms with Gasteiger partial charge < -0.3 is 5.11 Å². The van der Waals surface area contributed by atoms with E-state index in [9.17, 15) is 136 Å². The van der Waals surface area contributed by atoms with Gasteiger partial charge in [-0.1, -0.05) is 0 Å². The first kappa shape index (κ1) is 45.5. The first-order valence-corrected chi connectivity index (χ1v) is 9.83. The van der Waals surface area contributed by atoms with Gasteiger partial charge >= 0.3 is 83.4 Å². The van der Waals surface area contributed by atoms with Crippen LogP contribution in [0, 0.1) is 0 Å². The molecule has 0 saturated heterocycles. The van der Waals surface area contributed by atoms with Crippen molar-refractivity contribution < 1.29 is 141 Å². The highest BCUT2D eigenvalue weighted by Gasteiger charge is 3.00. The third-order valence-corrected chi connectivity index (χ3v) is 5.43. The third kappa shape index (κ3) is 5.33. The lowest BCUT2D eigenvalue weighted by atomic mass is 9.84. The Balaban J connectivity index is 7.63. The Labute approximate surface area is 237 Å². The van der Waals surface area contributed by atoms with E-state index in [4.69, 9.17) is 5.11 Å². The molecule has 0 bridgehead atoms.